The molecule has 0 radical (unpaired) electrons. The summed E-state index contributed by atoms with van der Waals surface area (Å²) in [6, 6.07) is 5.13. The van der Waals surface area contributed by atoms with Crippen molar-refractivity contribution < 1.29 is 0 Å². The zero-order valence-corrected chi connectivity index (χ0v) is 27.5. The topological polar surface area (TPSA) is 0 Å². The van der Waals surface area contributed by atoms with Gasteiger partial charge in [0.2, 0.25) is 0 Å². The van der Waals surface area contributed by atoms with Gasteiger partial charge >= 0.3 is 0 Å². The van der Waals surface area contributed by atoms with Crippen LogP contribution in [0.15, 0.2) is 21.1 Å². The van der Waals surface area contributed by atoms with Crippen molar-refractivity contribution >= 4 is 31.9 Å². The van der Waals surface area contributed by atoms with E-state index in [0.29, 0.717) is 37.9 Å². The molecule has 0 N–H and O–H groups in total. The van der Waals surface area contributed by atoms with Crippen molar-refractivity contribution in [3.8, 4) is 0 Å². The predicted octanol–water partition coefficient (Wildman–Crippen LogP) is 11.7. The van der Waals surface area contributed by atoms with Crippen LogP contribution in [0.3, 0.4) is 0 Å². The summed E-state index contributed by atoms with van der Waals surface area (Å²) < 4.78 is 2.62. The third kappa shape index (κ3) is 3.36. The molecule has 0 aliphatic heterocycles. The Hall–Kier alpha value is 0.180. The van der Waals surface area contributed by atoms with E-state index in [0.717, 1.165) is 5.92 Å². The van der Waals surface area contributed by atoms with Gasteiger partial charge in [0.25, 0.3) is 0 Å². The molecule has 0 spiro atoms. The third-order valence-electron chi connectivity index (χ3n) is 14.6. The van der Waals surface area contributed by atoms with Crippen molar-refractivity contribution in [2.24, 2.45) is 38.4 Å². The minimum atomic E-state index is 0.363. The summed E-state index contributed by atoms with van der Waals surface area (Å²) in [7, 11) is 0. The van der Waals surface area contributed by atoms with Crippen LogP contribution < -0.4 is 0 Å². The highest BCUT2D eigenvalue weighted by atomic mass is 79.9. The lowest BCUT2D eigenvalue weighted by Crippen LogP contribution is -2.70. The first kappa shape index (κ1) is 26.1. The van der Waals surface area contributed by atoms with E-state index in [-0.39, 0.29) is 0 Å². The number of hydrogen-bond donors (Lipinski definition) is 0. The SMILES string of the molecule is CCC12CC3CC(CC)(C1)CC(C14CC5(CC)CC(CC)(CC(c6cc(Br)c(C)c(Br)c6)(C5)C1)C4)(C3)C2. The van der Waals surface area contributed by atoms with E-state index in [1.54, 1.807) is 56.9 Å². The van der Waals surface area contributed by atoms with E-state index in [4.69, 9.17) is 0 Å². The Kier molecular flexibility index (Phi) is 5.59. The highest BCUT2D eigenvalue weighted by Crippen LogP contribution is 2.85. The Labute approximate surface area is 244 Å². The Morgan fingerprint density at radius 3 is 1.54 bits per heavy atom. The highest BCUT2D eigenvalue weighted by Gasteiger charge is 2.75. The zero-order chi connectivity index (χ0) is 26.1. The van der Waals surface area contributed by atoms with Crippen molar-refractivity contribution in [1.29, 1.82) is 0 Å². The van der Waals surface area contributed by atoms with Gasteiger partial charge in [-0.3, -0.25) is 0 Å². The second kappa shape index (κ2) is 7.92. The number of hydrogen-bond acceptors (Lipinski definition) is 0. The van der Waals surface area contributed by atoms with E-state index in [1.807, 2.05) is 0 Å². The van der Waals surface area contributed by atoms with Crippen LogP contribution >= 0.6 is 31.9 Å². The van der Waals surface area contributed by atoms with E-state index in [9.17, 15) is 0 Å². The number of rotatable bonds is 6. The van der Waals surface area contributed by atoms with Crippen molar-refractivity contribution in [3.63, 3.8) is 0 Å². The zero-order valence-electron chi connectivity index (χ0n) is 24.3. The van der Waals surface area contributed by atoms with Gasteiger partial charge in [0.1, 0.15) is 0 Å². The van der Waals surface area contributed by atoms with Gasteiger partial charge in [0, 0.05) is 8.95 Å². The van der Waals surface area contributed by atoms with Crippen LogP contribution in [-0.2, 0) is 5.41 Å². The molecule has 4 atom stereocenters. The molecule has 8 aliphatic rings. The second-order valence-corrected chi connectivity index (χ2v) is 18.1. The molecular weight excluding hydrogens is 580 g/mol. The number of benzene rings is 1. The Morgan fingerprint density at radius 1 is 0.595 bits per heavy atom. The molecule has 0 aromatic heterocycles. The normalized spacial score (nSPS) is 51.3. The first-order valence-electron chi connectivity index (χ1n) is 15.9. The van der Waals surface area contributed by atoms with E-state index in [1.165, 1.54) is 65.9 Å². The quantitative estimate of drug-likeness (QED) is 0.293. The fourth-order valence-corrected chi connectivity index (χ4v) is 15.0. The van der Waals surface area contributed by atoms with Crippen molar-refractivity contribution in [3.05, 3.63) is 32.2 Å². The van der Waals surface area contributed by atoms with Crippen molar-refractivity contribution in [2.45, 2.75) is 143 Å². The molecule has 8 fully saturated rings. The van der Waals surface area contributed by atoms with E-state index >= 15 is 0 Å². The molecule has 1 aromatic carbocycles. The van der Waals surface area contributed by atoms with Crippen LogP contribution in [0, 0.1) is 45.3 Å². The van der Waals surface area contributed by atoms with Crippen molar-refractivity contribution in [1.82, 2.24) is 0 Å². The van der Waals surface area contributed by atoms with Crippen LogP contribution in [0.2, 0.25) is 0 Å². The summed E-state index contributed by atoms with van der Waals surface area (Å²) in [4.78, 5) is 0. The summed E-state index contributed by atoms with van der Waals surface area (Å²) in [6.45, 7) is 12.5. The molecule has 204 valence electrons. The van der Waals surface area contributed by atoms with Gasteiger partial charge in [0.05, 0.1) is 0 Å². The molecule has 2 heteroatoms. The summed E-state index contributed by atoms with van der Waals surface area (Å²) in [6.07, 6.45) is 24.1. The van der Waals surface area contributed by atoms with E-state index in [2.05, 4.69) is 78.6 Å². The monoisotopic (exact) mass is 628 g/mol. The molecule has 1 aromatic rings. The first-order chi connectivity index (χ1) is 17.5. The molecule has 0 saturated heterocycles. The molecule has 9 rings (SSSR count). The van der Waals surface area contributed by atoms with Crippen LogP contribution in [-0.4, -0.2) is 0 Å². The van der Waals surface area contributed by atoms with Crippen LogP contribution in [0.5, 0.6) is 0 Å². The largest absolute Gasteiger partial charge is 0.0649 e. The van der Waals surface area contributed by atoms with Crippen LogP contribution in [0.25, 0.3) is 0 Å². The highest BCUT2D eigenvalue weighted by molar-refractivity contribution is 9.11. The van der Waals surface area contributed by atoms with Gasteiger partial charge in [-0.1, -0.05) is 85.2 Å². The molecule has 8 bridgehead atoms. The summed E-state index contributed by atoms with van der Waals surface area (Å²) in [5.74, 6) is 1.01. The molecule has 4 unspecified atom stereocenters. The third-order valence-corrected chi connectivity index (χ3v) is 16.2. The average Bonchev–Trinajstić information content (AvgIpc) is 2.85. The molecule has 0 amide bonds. The Morgan fingerprint density at radius 2 is 1.05 bits per heavy atom. The van der Waals surface area contributed by atoms with Gasteiger partial charge in [-0.05, 0) is 151 Å². The Bertz CT molecular complexity index is 1070. The summed E-state index contributed by atoms with van der Waals surface area (Å²) in [5.41, 5.74) is 6.95. The summed E-state index contributed by atoms with van der Waals surface area (Å²) >= 11 is 7.97. The molecule has 0 heterocycles. The predicted molar refractivity (Wildman–Crippen MR) is 163 cm³/mol. The maximum Gasteiger partial charge on any atom is 0.0218 e. The van der Waals surface area contributed by atoms with Gasteiger partial charge in [-0.2, -0.15) is 0 Å². The summed E-state index contributed by atoms with van der Waals surface area (Å²) in [5, 5.41) is 0. The van der Waals surface area contributed by atoms with E-state index < -0.39 is 0 Å². The molecule has 8 saturated carbocycles. The van der Waals surface area contributed by atoms with Crippen LogP contribution in [0.1, 0.15) is 142 Å². The van der Waals surface area contributed by atoms with Crippen LogP contribution in [0.4, 0.5) is 0 Å². The van der Waals surface area contributed by atoms with Gasteiger partial charge < -0.3 is 0 Å². The molecular formula is C35H50Br2. The van der Waals surface area contributed by atoms with Gasteiger partial charge in [0.15, 0.2) is 0 Å². The first-order valence-corrected chi connectivity index (χ1v) is 17.5. The Balaban J connectivity index is 1.43. The number of halogens is 2. The fourth-order valence-electron chi connectivity index (χ4n) is 13.9. The minimum Gasteiger partial charge on any atom is -0.0649 e. The lowest BCUT2D eigenvalue weighted by atomic mass is 9.25. The lowest BCUT2D eigenvalue weighted by molar-refractivity contribution is -0.281. The molecule has 8 aliphatic carbocycles. The molecule has 37 heavy (non-hydrogen) atoms. The maximum atomic E-state index is 3.98. The smallest absolute Gasteiger partial charge is 0.0218 e. The fraction of sp³-hybridized carbons (Fsp3) is 0.829. The maximum absolute atomic E-state index is 3.98. The van der Waals surface area contributed by atoms with Crippen molar-refractivity contribution in [2.75, 3.05) is 0 Å². The average molecular weight is 631 g/mol. The van der Waals surface area contributed by atoms with Gasteiger partial charge in [-0.15, -0.1) is 0 Å². The minimum absolute atomic E-state index is 0.363. The van der Waals surface area contributed by atoms with Gasteiger partial charge in [-0.25, -0.2) is 0 Å². The lowest BCUT2D eigenvalue weighted by Gasteiger charge is -2.79. The molecule has 0 nitrogen and oxygen atoms in total. The second-order valence-electron chi connectivity index (χ2n) is 16.4. The standard InChI is InChI=1S/C35H50Br2/c1-6-29-12-25-13-30(7-2,15-29)20-34(14-25,19-29)35-21-31(8-3)16-32(9-4,22-35)18-33(17-31,23-35)26-10-27(36)24(5)28(37)11-26/h10-11,25H,6-9,12-23H2,1-5H3.